The van der Waals surface area contributed by atoms with E-state index in [0.717, 1.165) is 47.6 Å². The molecule has 8 nitrogen and oxygen atoms in total. The quantitative estimate of drug-likeness (QED) is 0.524. The third-order valence-electron chi connectivity index (χ3n) is 5.71. The van der Waals surface area contributed by atoms with Crippen molar-refractivity contribution in [3.05, 3.63) is 54.0 Å². The summed E-state index contributed by atoms with van der Waals surface area (Å²) in [6, 6.07) is 12.0. The summed E-state index contributed by atoms with van der Waals surface area (Å²) in [6.07, 6.45) is 3.68. The van der Waals surface area contributed by atoms with Gasteiger partial charge in [0.05, 0.1) is 43.2 Å². The Hall–Kier alpha value is -3.68. The van der Waals surface area contributed by atoms with Gasteiger partial charge in [0, 0.05) is 18.2 Å². The van der Waals surface area contributed by atoms with Crippen molar-refractivity contribution in [3.63, 3.8) is 0 Å². The van der Waals surface area contributed by atoms with Crippen LogP contribution in [0.2, 0.25) is 0 Å². The van der Waals surface area contributed by atoms with Gasteiger partial charge in [0.1, 0.15) is 17.3 Å². The maximum Gasteiger partial charge on any atom is 0.246 e. The average Bonchev–Trinajstić information content (AvgIpc) is 3.45. The number of fused-ring (bicyclic) bond motifs is 1. The van der Waals surface area contributed by atoms with Crippen molar-refractivity contribution in [1.29, 1.82) is 0 Å². The number of aromatic amines is 1. The van der Waals surface area contributed by atoms with E-state index < -0.39 is 0 Å². The lowest BCUT2D eigenvalue weighted by molar-refractivity contribution is 0.395. The minimum Gasteiger partial charge on any atom is -0.497 e. The molecule has 158 valence electrons. The number of nitrogens with one attached hydrogen (secondary N) is 1. The number of H-pyrrole nitrogens is 1. The molecule has 0 spiro atoms. The Kier molecular flexibility index (Phi) is 4.89. The van der Waals surface area contributed by atoms with Gasteiger partial charge in [0.25, 0.3) is 0 Å². The van der Waals surface area contributed by atoms with Crippen LogP contribution in [0, 0.1) is 6.92 Å². The van der Waals surface area contributed by atoms with Crippen molar-refractivity contribution < 1.29 is 9.47 Å². The zero-order chi connectivity index (χ0) is 21.4. The lowest BCUT2D eigenvalue weighted by Crippen LogP contribution is -2.26. The maximum atomic E-state index is 5.54. The van der Waals surface area contributed by atoms with Crippen molar-refractivity contribution in [3.8, 4) is 22.8 Å². The Morgan fingerprint density at radius 3 is 2.81 bits per heavy atom. The second-order valence-corrected chi connectivity index (χ2v) is 7.70. The fourth-order valence-corrected chi connectivity index (χ4v) is 4.15. The molecule has 8 heteroatoms. The maximum absolute atomic E-state index is 5.54. The molecule has 0 radical (unpaired) electrons. The zero-order valence-electron chi connectivity index (χ0n) is 17.8. The highest BCUT2D eigenvalue weighted by atomic mass is 16.5. The fraction of sp³-hybridized carbons (Fsp3) is 0.304. The van der Waals surface area contributed by atoms with Gasteiger partial charge in [-0.1, -0.05) is 6.07 Å². The van der Waals surface area contributed by atoms with E-state index in [-0.39, 0.29) is 6.04 Å². The Bertz CT molecular complexity index is 1240. The summed E-state index contributed by atoms with van der Waals surface area (Å²) in [5.41, 5.74) is 4.78. The van der Waals surface area contributed by atoms with Gasteiger partial charge in [-0.3, -0.25) is 0 Å². The first-order chi connectivity index (χ1) is 15.2. The Morgan fingerprint density at radius 1 is 1.06 bits per heavy atom. The lowest BCUT2D eigenvalue weighted by atomic mass is 10.1. The number of nitrogens with zero attached hydrogens (tertiary/aromatic N) is 5. The van der Waals surface area contributed by atoms with Crippen LogP contribution in [0.4, 0.5) is 5.95 Å². The number of methoxy groups -OCH3 is 2. The van der Waals surface area contributed by atoms with Gasteiger partial charge >= 0.3 is 0 Å². The van der Waals surface area contributed by atoms with Crippen molar-refractivity contribution >= 4 is 17.0 Å². The SMILES string of the molecule is COc1ccc(-c2cnnc(N3CCC[C@H]3c3nc4ccc(C)cc4[nH]3)n2)c(OC)c1. The first kappa shape index (κ1) is 19.3. The predicted octanol–water partition coefficient (Wildman–Crippen LogP) is 4.08. The van der Waals surface area contributed by atoms with Crippen molar-refractivity contribution in [2.24, 2.45) is 0 Å². The number of benzene rings is 2. The predicted molar refractivity (Wildman–Crippen MR) is 119 cm³/mol. The van der Waals surface area contributed by atoms with E-state index in [2.05, 4.69) is 45.2 Å². The Labute approximate surface area is 180 Å². The molecular weight excluding hydrogens is 392 g/mol. The van der Waals surface area contributed by atoms with E-state index in [4.69, 9.17) is 19.4 Å². The highest BCUT2D eigenvalue weighted by molar-refractivity contribution is 5.76. The number of rotatable bonds is 5. The fourth-order valence-electron chi connectivity index (χ4n) is 4.15. The van der Waals surface area contributed by atoms with E-state index in [1.165, 1.54) is 5.56 Å². The van der Waals surface area contributed by atoms with E-state index in [0.29, 0.717) is 17.4 Å². The minimum atomic E-state index is 0.0857. The molecule has 0 aliphatic carbocycles. The van der Waals surface area contributed by atoms with Crippen LogP contribution in [0.1, 0.15) is 30.3 Å². The van der Waals surface area contributed by atoms with Gasteiger partial charge in [0.15, 0.2) is 0 Å². The molecule has 0 saturated carbocycles. The van der Waals surface area contributed by atoms with Crippen molar-refractivity contribution in [2.75, 3.05) is 25.7 Å². The topological polar surface area (TPSA) is 89.1 Å². The first-order valence-electron chi connectivity index (χ1n) is 10.3. The van der Waals surface area contributed by atoms with Crippen LogP contribution in [0.5, 0.6) is 11.5 Å². The Morgan fingerprint density at radius 2 is 1.97 bits per heavy atom. The van der Waals surface area contributed by atoms with Crippen LogP contribution < -0.4 is 14.4 Å². The normalized spacial score (nSPS) is 16.1. The van der Waals surface area contributed by atoms with E-state index in [1.54, 1.807) is 20.4 Å². The molecule has 31 heavy (non-hydrogen) atoms. The average molecular weight is 416 g/mol. The van der Waals surface area contributed by atoms with Crippen molar-refractivity contribution in [2.45, 2.75) is 25.8 Å². The molecule has 0 bridgehead atoms. The van der Waals surface area contributed by atoms with E-state index in [1.807, 2.05) is 18.2 Å². The number of hydrogen-bond acceptors (Lipinski definition) is 7. The van der Waals surface area contributed by atoms with Crippen molar-refractivity contribution in [1.82, 2.24) is 25.1 Å². The van der Waals surface area contributed by atoms with E-state index >= 15 is 0 Å². The van der Waals surface area contributed by atoms with Crippen LogP contribution in [0.15, 0.2) is 42.6 Å². The van der Waals surface area contributed by atoms with Crippen LogP contribution >= 0.6 is 0 Å². The molecule has 2 aromatic carbocycles. The molecule has 1 atom stereocenters. The molecular formula is C23H24N6O2. The second-order valence-electron chi connectivity index (χ2n) is 7.70. The number of aromatic nitrogens is 5. The molecule has 0 unspecified atom stereocenters. The molecule has 4 aromatic rings. The molecule has 1 saturated heterocycles. The lowest BCUT2D eigenvalue weighted by Gasteiger charge is -2.23. The van der Waals surface area contributed by atoms with Gasteiger partial charge in [0.2, 0.25) is 5.95 Å². The number of anilines is 1. The summed E-state index contributed by atoms with van der Waals surface area (Å²) in [4.78, 5) is 15.3. The molecule has 1 fully saturated rings. The number of aryl methyl sites for hydroxylation is 1. The zero-order valence-corrected chi connectivity index (χ0v) is 17.8. The highest BCUT2D eigenvalue weighted by Crippen LogP contribution is 2.36. The molecule has 2 aromatic heterocycles. The molecule has 5 rings (SSSR count). The van der Waals surface area contributed by atoms with Gasteiger partial charge in [-0.2, -0.15) is 5.10 Å². The third-order valence-corrected chi connectivity index (χ3v) is 5.71. The second kappa shape index (κ2) is 7.86. The molecule has 1 aliphatic heterocycles. The largest absolute Gasteiger partial charge is 0.497 e. The van der Waals surface area contributed by atoms with Crippen LogP contribution in [0.3, 0.4) is 0 Å². The van der Waals surface area contributed by atoms with Gasteiger partial charge in [-0.25, -0.2) is 9.97 Å². The highest BCUT2D eigenvalue weighted by Gasteiger charge is 2.31. The molecule has 1 N–H and O–H groups in total. The van der Waals surface area contributed by atoms with Gasteiger partial charge in [-0.05, 0) is 49.6 Å². The third kappa shape index (κ3) is 3.54. The monoisotopic (exact) mass is 416 g/mol. The summed E-state index contributed by atoms with van der Waals surface area (Å²) < 4.78 is 10.8. The molecule has 0 amide bonds. The molecule has 3 heterocycles. The number of imidazole rings is 1. The van der Waals surface area contributed by atoms with Gasteiger partial charge in [-0.15, -0.1) is 5.10 Å². The minimum absolute atomic E-state index is 0.0857. The summed E-state index contributed by atoms with van der Waals surface area (Å²) in [6.45, 7) is 2.94. The smallest absolute Gasteiger partial charge is 0.246 e. The summed E-state index contributed by atoms with van der Waals surface area (Å²) in [5, 5.41) is 8.57. The van der Waals surface area contributed by atoms with E-state index in [9.17, 15) is 0 Å². The van der Waals surface area contributed by atoms with Crippen LogP contribution in [0.25, 0.3) is 22.3 Å². The summed E-state index contributed by atoms with van der Waals surface area (Å²) in [5.74, 6) is 2.93. The number of ether oxygens (including phenoxy) is 2. The van der Waals surface area contributed by atoms with Crippen LogP contribution in [-0.2, 0) is 0 Å². The van der Waals surface area contributed by atoms with Crippen LogP contribution in [-0.4, -0.2) is 45.9 Å². The number of hydrogen-bond donors (Lipinski definition) is 1. The summed E-state index contributed by atoms with van der Waals surface area (Å²) >= 11 is 0. The Balaban J connectivity index is 1.50. The first-order valence-corrected chi connectivity index (χ1v) is 10.3. The standard InChI is InChI=1S/C23H24N6O2/c1-14-6-9-17-18(11-14)26-22(25-17)20-5-4-10-29(20)23-27-19(13-24-28-23)16-8-7-15(30-2)12-21(16)31-3/h6-9,11-13,20H,4-5,10H2,1-3H3,(H,25,26)/t20-/m0/s1. The van der Waals surface area contributed by atoms with Gasteiger partial charge < -0.3 is 19.4 Å². The molecule has 1 aliphatic rings. The summed E-state index contributed by atoms with van der Waals surface area (Å²) in [7, 11) is 3.26.